The molecule has 2 amide bonds. The monoisotopic (exact) mass is 617 g/mol. The summed E-state index contributed by atoms with van der Waals surface area (Å²) in [6.07, 6.45) is 0.983. The van der Waals surface area contributed by atoms with E-state index in [4.69, 9.17) is 11.6 Å². The maximum absolute atomic E-state index is 14.4. The molecule has 0 aliphatic carbocycles. The van der Waals surface area contributed by atoms with Gasteiger partial charge in [-0.25, -0.2) is 8.42 Å². The number of rotatable bonds is 13. The number of halogens is 1. The average molecular weight is 618 g/mol. The summed E-state index contributed by atoms with van der Waals surface area (Å²) in [7, 11) is -4.13. The normalized spacial score (nSPS) is 11.9. The van der Waals surface area contributed by atoms with Crippen molar-refractivity contribution in [3.8, 4) is 0 Å². The SMILES string of the molecule is CCCNC(=O)C(Cc1ccccc1)N(Cc1ccc(Cl)cc1)C(=O)CN(c1cccc(C)c1)S(=O)(=O)c1ccccc1. The van der Waals surface area contributed by atoms with Gasteiger partial charge in [-0.15, -0.1) is 0 Å². The first kappa shape index (κ1) is 31.8. The molecule has 0 aromatic heterocycles. The van der Waals surface area contributed by atoms with Crippen LogP contribution < -0.4 is 9.62 Å². The molecule has 0 saturated carbocycles. The number of hydrogen-bond acceptors (Lipinski definition) is 4. The van der Waals surface area contributed by atoms with E-state index in [1.807, 2.05) is 50.2 Å². The Kier molecular flexibility index (Phi) is 11.0. The lowest BCUT2D eigenvalue weighted by molar-refractivity contribution is -0.140. The van der Waals surface area contributed by atoms with Gasteiger partial charge in [0, 0.05) is 24.5 Å². The lowest BCUT2D eigenvalue weighted by atomic mass is 10.0. The van der Waals surface area contributed by atoms with Crippen molar-refractivity contribution in [1.82, 2.24) is 10.2 Å². The largest absolute Gasteiger partial charge is 0.354 e. The molecule has 0 fully saturated rings. The predicted molar refractivity (Wildman–Crippen MR) is 171 cm³/mol. The second-order valence-corrected chi connectivity index (χ2v) is 12.6. The highest BCUT2D eigenvalue weighted by Crippen LogP contribution is 2.26. The zero-order chi connectivity index (χ0) is 30.8. The van der Waals surface area contributed by atoms with Crippen LogP contribution in [0.15, 0.2) is 114 Å². The first-order valence-electron chi connectivity index (χ1n) is 14.2. The van der Waals surface area contributed by atoms with Crippen LogP contribution in [-0.2, 0) is 32.6 Å². The van der Waals surface area contributed by atoms with E-state index in [2.05, 4.69) is 5.32 Å². The zero-order valence-electron chi connectivity index (χ0n) is 24.3. The van der Waals surface area contributed by atoms with E-state index in [0.29, 0.717) is 17.3 Å². The molecule has 4 aromatic carbocycles. The summed E-state index contributed by atoms with van der Waals surface area (Å²) in [6.45, 7) is 3.85. The van der Waals surface area contributed by atoms with Crippen LogP contribution in [0.1, 0.15) is 30.0 Å². The van der Waals surface area contributed by atoms with Crippen LogP contribution in [0.3, 0.4) is 0 Å². The Morgan fingerprint density at radius 2 is 1.49 bits per heavy atom. The average Bonchev–Trinajstić information content (AvgIpc) is 3.02. The molecule has 43 heavy (non-hydrogen) atoms. The lowest BCUT2D eigenvalue weighted by Gasteiger charge is -2.34. The zero-order valence-corrected chi connectivity index (χ0v) is 25.9. The van der Waals surface area contributed by atoms with E-state index in [0.717, 1.165) is 27.4 Å². The number of sulfonamides is 1. The van der Waals surface area contributed by atoms with E-state index >= 15 is 0 Å². The van der Waals surface area contributed by atoms with E-state index in [1.54, 1.807) is 60.7 Å². The molecule has 1 N–H and O–H groups in total. The Balaban J connectivity index is 1.78. The first-order chi connectivity index (χ1) is 20.7. The fraction of sp³-hybridized carbons (Fsp3) is 0.235. The van der Waals surface area contributed by atoms with Gasteiger partial charge in [0.15, 0.2) is 0 Å². The molecule has 9 heteroatoms. The molecule has 4 rings (SSSR count). The van der Waals surface area contributed by atoms with Crippen LogP contribution in [-0.4, -0.2) is 44.3 Å². The molecular formula is C34H36ClN3O4S. The molecule has 1 unspecified atom stereocenters. The fourth-order valence-corrected chi connectivity index (χ4v) is 6.29. The third-order valence-corrected chi connectivity index (χ3v) is 9.03. The number of carbonyl (C=O) groups is 2. The van der Waals surface area contributed by atoms with Gasteiger partial charge in [0.05, 0.1) is 10.6 Å². The minimum atomic E-state index is -4.13. The smallest absolute Gasteiger partial charge is 0.264 e. The van der Waals surface area contributed by atoms with Crippen LogP contribution in [0.2, 0.25) is 5.02 Å². The number of anilines is 1. The van der Waals surface area contributed by atoms with E-state index in [1.165, 1.54) is 17.0 Å². The number of amides is 2. The minimum absolute atomic E-state index is 0.0649. The molecule has 0 aliphatic rings. The van der Waals surface area contributed by atoms with Gasteiger partial charge in [-0.1, -0.05) is 91.3 Å². The third-order valence-electron chi connectivity index (χ3n) is 6.99. The van der Waals surface area contributed by atoms with E-state index in [-0.39, 0.29) is 23.8 Å². The summed E-state index contributed by atoms with van der Waals surface area (Å²) in [5.74, 6) is -0.815. The van der Waals surface area contributed by atoms with E-state index < -0.39 is 28.5 Å². The molecule has 1 atom stereocenters. The molecule has 0 saturated heterocycles. The van der Waals surface area contributed by atoms with Crippen molar-refractivity contribution in [3.63, 3.8) is 0 Å². The predicted octanol–water partition coefficient (Wildman–Crippen LogP) is 6.01. The van der Waals surface area contributed by atoms with Gasteiger partial charge in [0.25, 0.3) is 10.0 Å². The van der Waals surface area contributed by atoms with Crippen molar-refractivity contribution in [1.29, 1.82) is 0 Å². The van der Waals surface area contributed by atoms with Crippen LogP contribution in [0.4, 0.5) is 5.69 Å². The van der Waals surface area contributed by atoms with Crippen molar-refractivity contribution in [2.75, 3.05) is 17.4 Å². The third kappa shape index (κ3) is 8.46. The molecule has 0 spiro atoms. The van der Waals surface area contributed by atoms with Crippen LogP contribution in [0.5, 0.6) is 0 Å². The molecule has 0 aliphatic heterocycles. The van der Waals surface area contributed by atoms with Gasteiger partial charge in [0.1, 0.15) is 12.6 Å². The topological polar surface area (TPSA) is 86.8 Å². The second kappa shape index (κ2) is 14.8. The number of carbonyl (C=O) groups excluding carboxylic acids is 2. The number of nitrogens with zero attached hydrogens (tertiary/aromatic N) is 2. The fourth-order valence-electron chi connectivity index (χ4n) is 4.74. The van der Waals surface area contributed by atoms with Gasteiger partial charge in [-0.2, -0.15) is 0 Å². The van der Waals surface area contributed by atoms with Crippen LogP contribution in [0.25, 0.3) is 0 Å². The van der Waals surface area contributed by atoms with Gasteiger partial charge >= 0.3 is 0 Å². The maximum Gasteiger partial charge on any atom is 0.264 e. The lowest BCUT2D eigenvalue weighted by Crippen LogP contribution is -2.53. The van der Waals surface area contributed by atoms with Crippen molar-refractivity contribution < 1.29 is 18.0 Å². The summed E-state index contributed by atoms with van der Waals surface area (Å²) >= 11 is 6.13. The molecule has 7 nitrogen and oxygen atoms in total. The Labute approximate surface area is 259 Å². The Hall–Kier alpha value is -4.14. The Morgan fingerprint density at radius 3 is 2.12 bits per heavy atom. The first-order valence-corrected chi connectivity index (χ1v) is 16.0. The van der Waals surface area contributed by atoms with Gasteiger partial charge < -0.3 is 10.2 Å². The standard InChI is InChI=1S/C34H36ClN3O4S/c1-3-21-36-34(40)32(23-27-12-6-4-7-13-27)37(24-28-17-19-29(35)20-18-28)33(39)25-38(30-14-10-11-26(2)22-30)43(41,42)31-15-8-5-9-16-31/h4-20,22,32H,3,21,23-25H2,1-2H3,(H,36,40). The summed E-state index contributed by atoms with van der Waals surface area (Å²) in [4.78, 5) is 29.6. The molecule has 4 aromatic rings. The highest BCUT2D eigenvalue weighted by Gasteiger charge is 2.34. The number of aryl methyl sites for hydroxylation is 1. The Bertz CT molecular complexity index is 1610. The second-order valence-electron chi connectivity index (χ2n) is 10.3. The molecule has 224 valence electrons. The van der Waals surface area contributed by atoms with Gasteiger partial charge in [-0.3, -0.25) is 13.9 Å². The van der Waals surface area contributed by atoms with Crippen molar-refractivity contribution in [3.05, 3.63) is 131 Å². The Morgan fingerprint density at radius 1 is 0.837 bits per heavy atom. The van der Waals surface area contributed by atoms with Crippen LogP contribution >= 0.6 is 11.6 Å². The van der Waals surface area contributed by atoms with Crippen LogP contribution in [0, 0.1) is 6.92 Å². The highest BCUT2D eigenvalue weighted by molar-refractivity contribution is 7.92. The van der Waals surface area contributed by atoms with Crippen molar-refractivity contribution >= 4 is 39.1 Å². The maximum atomic E-state index is 14.4. The minimum Gasteiger partial charge on any atom is -0.354 e. The summed E-state index contributed by atoms with van der Waals surface area (Å²) in [5, 5.41) is 3.49. The molecular weight excluding hydrogens is 582 g/mol. The quantitative estimate of drug-likeness (QED) is 0.199. The summed E-state index contributed by atoms with van der Waals surface area (Å²) in [5.41, 5.74) is 2.84. The van der Waals surface area contributed by atoms with Crippen molar-refractivity contribution in [2.24, 2.45) is 0 Å². The van der Waals surface area contributed by atoms with Gasteiger partial charge in [-0.05, 0) is 66.4 Å². The number of hydrogen-bond donors (Lipinski definition) is 1. The van der Waals surface area contributed by atoms with E-state index in [9.17, 15) is 18.0 Å². The molecule has 0 radical (unpaired) electrons. The number of benzene rings is 4. The van der Waals surface area contributed by atoms with Gasteiger partial charge in [0.2, 0.25) is 11.8 Å². The molecule has 0 heterocycles. The summed E-state index contributed by atoms with van der Waals surface area (Å²) < 4.78 is 29.1. The van der Waals surface area contributed by atoms with Crippen molar-refractivity contribution in [2.45, 2.75) is 44.2 Å². The molecule has 0 bridgehead atoms. The number of nitrogens with one attached hydrogen (secondary N) is 1. The highest BCUT2D eigenvalue weighted by atomic mass is 35.5. The summed E-state index contributed by atoms with van der Waals surface area (Å²) in [6, 6.07) is 30.7.